The Labute approximate surface area is 225 Å². The van der Waals surface area contributed by atoms with Crippen molar-refractivity contribution in [1.82, 2.24) is 5.06 Å². The van der Waals surface area contributed by atoms with E-state index in [0.29, 0.717) is 41.9 Å². The monoisotopic (exact) mass is 539 g/mol. The van der Waals surface area contributed by atoms with Gasteiger partial charge >= 0.3 is 6.16 Å². The third-order valence-corrected chi connectivity index (χ3v) is 7.35. The molecular formula is C29H31F2N3O5. The molecule has 0 bridgehead atoms. The highest BCUT2D eigenvalue weighted by Gasteiger charge is 2.34. The first-order valence-electron chi connectivity index (χ1n) is 12.8. The van der Waals surface area contributed by atoms with Crippen molar-refractivity contribution in [3.05, 3.63) is 82.4 Å². The summed E-state index contributed by atoms with van der Waals surface area (Å²) in [5.74, 6) is -2.24. The second kappa shape index (κ2) is 12.1. The predicted octanol–water partition coefficient (Wildman–Crippen LogP) is 5.05. The molecule has 1 aliphatic heterocycles. The van der Waals surface area contributed by atoms with Gasteiger partial charge in [-0.2, -0.15) is 0 Å². The highest BCUT2D eigenvalue weighted by atomic mass is 19.1. The zero-order valence-corrected chi connectivity index (χ0v) is 21.6. The standard InChI is InChI=1S/C29H31F2N3O5/c1-17-10-12-19(27(32)21-6-2-4-8-23(21)30)20(28(33)22-7-3-5-9-24(22)31)13-11-18(17)16-38-29(37)39-34-25(35)14-15-26(34)36/h2-9,17-18H,10-16,32-33H2,1H3/b27-19-,28-20-. The molecule has 4 rings (SSSR count). The Morgan fingerprint density at radius 2 is 1.33 bits per heavy atom. The Morgan fingerprint density at radius 1 is 0.846 bits per heavy atom. The minimum absolute atomic E-state index is 0.0177. The molecule has 2 aromatic carbocycles. The lowest BCUT2D eigenvalue weighted by molar-refractivity contribution is -0.177. The van der Waals surface area contributed by atoms with Crippen LogP contribution in [0.1, 0.15) is 56.6 Å². The molecule has 2 fully saturated rings. The van der Waals surface area contributed by atoms with Gasteiger partial charge in [0.1, 0.15) is 11.6 Å². The average molecular weight is 540 g/mol. The molecule has 39 heavy (non-hydrogen) atoms. The first-order chi connectivity index (χ1) is 18.7. The number of halogens is 2. The van der Waals surface area contributed by atoms with Crippen molar-refractivity contribution in [3.63, 3.8) is 0 Å². The van der Waals surface area contributed by atoms with Crippen LogP contribution in [0.25, 0.3) is 11.4 Å². The lowest BCUT2D eigenvalue weighted by atomic mass is 9.78. The van der Waals surface area contributed by atoms with Gasteiger partial charge in [0.05, 0.1) is 6.61 Å². The van der Waals surface area contributed by atoms with E-state index in [2.05, 4.69) is 0 Å². The predicted molar refractivity (Wildman–Crippen MR) is 140 cm³/mol. The molecule has 1 saturated carbocycles. The summed E-state index contributed by atoms with van der Waals surface area (Å²) in [5, 5.41) is 0.433. The number of carbonyl (C=O) groups is 3. The summed E-state index contributed by atoms with van der Waals surface area (Å²) in [7, 11) is 0. The maximum atomic E-state index is 14.7. The first-order valence-corrected chi connectivity index (χ1v) is 12.8. The molecule has 0 spiro atoms. The van der Waals surface area contributed by atoms with Crippen molar-refractivity contribution in [3.8, 4) is 0 Å². The number of nitrogens with zero attached hydrogens (tertiary/aromatic N) is 1. The van der Waals surface area contributed by atoms with Crippen molar-refractivity contribution in [2.75, 3.05) is 6.61 Å². The Bertz CT molecular complexity index is 1320. The van der Waals surface area contributed by atoms with Gasteiger partial charge in [0.2, 0.25) is 0 Å². The normalized spacial score (nSPS) is 22.7. The highest BCUT2D eigenvalue weighted by molar-refractivity contribution is 6.01. The third-order valence-electron chi connectivity index (χ3n) is 7.35. The fourth-order valence-corrected chi connectivity index (χ4v) is 4.98. The zero-order valence-electron chi connectivity index (χ0n) is 21.6. The minimum Gasteiger partial charge on any atom is -0.432 e. The van der Waals surface area contributed by atoms with Gasteiger partial charge in [-0.1, -0.05) is 36.3 Å². The Morgan fingerprint density at radius 3 is 1.85 bits per heavy atom. The molecule has 2 unspecified atom stereocenters. The van der Waals surface area contributed by atoms with Crippen LogP contribution in [0.3, 0.4) is 0 Å². The molecule has 2 atom stereocenters. The van der Waals surface area contributed by atoms with Gasteiger partial charge in [0, 0.05) is 35.4 Å². The minimum atomic E-state index is -1.14. The summed E-state index contributed by atoms with van der Waals surface area (Å²) in [6.07, 6.45) is 0.718. The van der Waals surface area contributed by atoms with Crippen LogP contribution in [-0.4, -0.2) is 29.6 Å². The molecule has 8 nitrogen and oxygen atoms in total. The van der Waals surface area contributed by atoms with Crippen molar-refractivity contribution in [2.24, 2.45) is 23.3 Å². The van der Waals surface area contributed by atoms with E-state index in [4.69, 9.17) is 21.0 Å². The topological polar surface area (TPSA) is 125 Å². The quantitative estimate of drug-likeness (QED) is 0.402. The van der Waals surface area contributed by atoms with E-state index in [-0.39, 0.29) is 53.8 Å². The van der Waals surface area contributed by atoms with Gasteiger partial charge in [-0.3, -0.25) is 14.4 Å². The number of ether oxygens (including phenoxy) is 1. The molecule has 1 saturated heterocycles. The molecule has 2 aliphatic rings. The largest absolute Gasteiger partial charge is 0.533 e. The Kier molecular flexibility index (Phi) is 8.63. The Hall–Kier alpha value is -4.21. The van der Waals surface area contributed by atoms with Crippen molar-refractivity contribution >= 4 is 29.4 Å². The van der Waals surface area contributed by atoms with Crippen molar-refractivity contribution < 1.29 is 32.7 Å². The molecule has 1 heterocycles. The average Bonchev–Trinajstić information content (AvgIpc) is 3.22. The van der Waals surface area contributed by atoms with E-state index < -0.39 is 29.6 Å². The number of hydrogen-bond acceptors (Lipinski definition) is 7. The second-order valence-corrected chi connectivity index (χ2v) is 9.79. The van der Waals surface area contributed by atoms with Crippen LogP contribution in [0, 0.1) is 23.5 Å². The maximum Gasteiger partial charge on any atom is 0.533 e. The van der Waals surface area contributed by atoms with E-state index in [9.17, 15) is 23.2 Å². The van der Waals surface area contributed by atoms with Gasteiger partial charge < -0.3 is 16.2 Å². The lowest BCUT2D eigenvalue weighted by Gasteiger charge is -2.30. The van der Waals surface area contributed by atoms with Gasteiger partial charge in [0.15, 0.2) is 0 Å². The van der Waals surface area contributed by atoms with Gasteiger partial charge in [0.25, 0.3) is 11.8 Å². The van der Waals surface area contributed by atoms with Crippen molar-refractivity contribution in [2.45, 2.75) is 45.4 Å². The number of nitrogens with two attached hydrogens (primary N) is 2. The molecule has 206 valence electrons. The molecule has 1 aliphatic carbocycles. The summed E-state index contributed by atoms with van der Waals surface area (Å²) in [5.41, 5.74) is 15.2. The van der Waals surface area contributed by atoms with E-state index in [1.54, 1.807) is 36.4 Å². The summed E-state index contributed by atoms with van der Waals surface area (Å²) in [6, 6.07) is 12.3. The summed E-state index contributed by atoms with van der Waals surface area (Å²) < 4.78 is 34.7. The second-order valence-electron chi connectivity index (χ2n) is 9.79. The van der Waals surface area contributed by atoms with Crippen LogP contribution in [0.4, 0.5) is 13.6 Å². The number of benzene rings is 2. The molecule has 2 amide bonds. The van der Waals surface area contributed by atoms with Crippen LogP contribution >= 0.6 is 0 Å². The van der Waals surface area contributed by atoms with E-state index in [1.807, 2.05) is 6.92 Å². The summed E-state index contributed by atoms with van der Waals surface area (Å²) in [4.78, 5) is 40.4. The molecule has 2 aromatic rings. The van der Waals surface area contributed by atoms with Crippen LogP contribution < -0.4 is 11.5 Å². The summed E-state index contributed by atoms with van der Waals surface area (Å²) >= 11 is 0. The number of rotatable bonds is 5. The molecule has 4 N–H and O–H groups in total. The van der Waals surface area contributed by atoms with Gasteiger partial charge in [-0.25, -0.2) is 13.6 Å². The van der Waals surface area contributed by atoms with Crippen LogP contribution in [-0.2, 0) is 19.2 Å². The Balaban J connectivity index is 1.60. The molecule has 0 aromatic heterocycles. The number of amides is 2. The molecule has 10 heteroatoms. The van der Waals surface area contributed by atoms with Gasteiger partial charge in [-0.05, 0) is 72.9 Å². The smallest absolute Gasteiger partial charge is 0.432 e. The number of allylic oxidation sites excluding steroid dienone is 2. The van der Waals surface area contributed by atoms with E-state index >= 15 is 0 Å². The molecule has 0 radical (unpaired) electrons. The lowest BCUT2D eigenvalue weighted by Crippen LogP contribution is -2.33. The van der Waals surface area contributed by atoms with E-state index in [1.165, 1.54) is 12.1 Å². The van der Waals surface area contributed by atoms with Crippen LogP contribution in [0.15, 0.2) is 59.7 Å². The zero-order chi connectivity index (χ0) is 28.1. The molecular weight excluding hydrogens is 508 g/mol. The number of imide groups is 1. The van der Waals surface area contributed by atoms with Crippen LogP contribution in [0.2, 0.25) is 0 Å². The number of hydroxylamine groups is 2. The number of hydrogen-bond donors (Lipinski definition) is 2. The fraction of sp³-hybridized carbons (Fsp3) is 0.345. The van der Waals surface area contributed by atoms with Gasteiger partial charge in [-0.15, -0.1) is 0 Å². The number of carbonyl (C=O) groups excluding carboxylic acids is 3. The van der Waals surface area contributed by atoms with Crippen LogP contribution in [0.5, 0.6) is 0 Å². The summed E-state index contributed by atoms with van der Waals surface area (Å²) in [6.45, 7) is 1.98. The fourth-order valence-electron chi connectivity index (χ4n) is 4.98. The maximum absolute atomic E-state index is 14.7. The first kappa shape index (κ1) is 27.8. The SMILES string of the molecule is CC1CCC(=C(/N)c2ccccc2F)/C(=C(\N)c2ccccc2F)CCC1COC(=O)ON1C(=O)CCC1=O. The third kappa shape index (κ3) is 6.27. The highest BCUT2D eigenvalue weighted by Crippen LogP contribution is 2.39. The van der Waals surface area contributed by atoms with Crippen molar-refractivity contribution in [1.29, 1.82) is 0 Å². The van der Waals surface area contributed by atoms with E-state index in [0.717, 1.165) is 0 Å².